The lowest BCUT2D eigenvalue weighted by Gasteiger charge is -2.07. The molecule has 1 heterocycles. The van der Waals surface area contributed by atoms with Crippen molar-refractivity contribution in [2.45, 2.75) is 17.6 Å². The molecule has 0 aliphatic rings. The van der Waals surface area contributed by atoms with Crippen LogP contribution in [0.4, 0.5) is 5.69 Å². The van der Waals surface area contributed by atoms with Crippen molar-refractivity contribution in [3.05, 3.63) is 53.3 Å². The smallest absolute Gasteiger partial charge is 0.339 e. The first-order valence-corrected chi connectivity index (χ1v) is 7.11. The Morgan fingerprint density at radius 3 is 2.80 bits per heavy atom. The van der Waals surface area contributed by atoms with Crippen LogP contribution >= 0.6 is 11.8 Å². The number of aromatic nitrogens is 1. The number of ether oxygens (including phenoxy) is 1. The Labute approximate surface area is 122 Å². The highest BCUT2D eigenvalue weighted by Crippen LogP contribution is 2.29. The molecule has 0 amide bonds. The Morgan fingerprint density at radius 2 is 2.15 bits per heavy atom. The van der Waals surface area contributed by atoms with E-state index in [2.05, 4.69) is 9.72 Å². The van der Waals surface area contributed by atoms with Gasteiger partial charge < -0.3 is 10.5 Å². The third kappa shape index (κ3) is 3.30. The Balaban J connectivity index is 2.04. The highest BCUT2D eigenvalue weighted by molar-refractivity contribution is 7.98. The number of thioether (sulfide) groups is 1. The Hall–Kier alpha value is -2.01. The van der Waals surface area contributed by atoms with E-state index in [1.165, 1.54) is 13.3 Å². The predicted molar refractivity (Wildman–Crippen MR) is 80.7 cm³/mol. The van der Waals surface area contributed by atoms with Gasteiger partial charge in [-0.25, -0.2) is 4.79 Å². The molecule has 2 aromatic rings. The lowest BCUT2D eigenvalue weighted by atomic mass is 10.2. The summed E-state index contributed by atoms with van der Waals surface area (Å²) in [5.74, 6) is 0.328. The number of hydrogen-bond acceptors (Lipinski definition) is 5. The summed E-state index contributed by atoms with van der Waals surface area (Å²) in [6.07, 6.45) is 1.53. The van der Waals surface area contributed by atoms with Gasteiger partial charge in [-0.3, -0.25) is 4.98 Å². The van der Waals surface area contributed by atoms with Crippen molar-refractivity contribution >= 4 is 23.4 Å². The number of benzene rings is 1. The second kappa shape index (κ2) is 6.43. The Morgan fingerprint density at radius 1 is 1.35 bits per heavy atom. The van der Waals surface area contributed by atoms with E-state index in [4.69, 9.17) is 5.73 Å². The SMILES string of the molecule is COC(=O)c1ccc(CSc2cccc(C)c2N)nc1. The van der Waals surface area contributed by atoms with Gasteiger partial charge in [0, 0.05) is 22.5 Å². The minimum atomic E-state index is -0.375. The topological polar surface area (TPSA) is 65.2 Å². The maximum atomic E-state index is 11.3. The first-order chi connectivity index (χ1) is 9.61. The molecule has 0 saturated heterocycles. The molecule has 0 aliphatic carbocycles. The highest BCUT2D eigenvalue weighted by atomic mass is 32.2. The van der Waals surface area contributed by atoms with Gasteiger partial charge in [-0.2, -0.15) is 0 Å². The number of nitrogens with two attached hydrogens (primary N) is 1. The fourth-order valence-electron chi connectivity index (χ4n) is 1.68. The second-order valence-corrected chi connectivity index (χ2v) is 5.32. The number of aryl methyl sites for hydroxylation is 1. The van der Waals surface area contributed by atoms with Crippen molar-refractivity contribution < 1.29 is 9.53 Å². The Kier molecular flexibility index (Phi) is 4.63. The molecule has 0 radical (unpaired) electrons. The lowest BCUT2D eigenvalue weighted by Crippen LogP contribution is -2.02. The number of pyridine rings is 1. The van der Waals surface area contributed by atoms with Gasteiger partial charge in [-0.05, 0) is 30.7 Å². The number of para-hydroxylation sites is 1. The van der Waals surface area contributed by atoms with Gasteiger partial charge in [0.25, 0.3) is 0 Å². The number of carbonyl (C=O) groups excluding carboxylic acids is 1. The molecular formula is C15H16N2O2S. The molecule has 0 fully saturated rings. The summed E-state index contributed by atoms with van der Waals surface area (Å²) in [5.41, 5.74) is 9.26. The molecule has 0 aliphatic heterocycles. The number of nitrogens with zero attached hydrogens (tertiary/aromatic N) is 1. The van der Waals surface area contributed by atoms with Gasteiger partial charge in [-0.1, -0.05) is 12.1 Å². The minimum Gasteiger partial charge on any atom is -0.465 e. The summed E-state index contributed by atoms with van der Waals surface area (Å²) < 4.78 is 4.63. The van der Waals surface area contributed by atoms with Crippen LogP contribution in [0.5, 0.6) is 0 Å². The van der Waals surface area contributed by atoms with Gasteiger partial charge >= 0.3 is 5.97 Å². The van der Waals surface area contributed by atoms with E-state index in [1.54, 1.807) is 17.8 Å². The fourth-order valence-corrected chi connectivity index (χ4v) is 2.65. The number of carbonyl (C=O) groups is 1. The van der Waals surface area contributed by atoms with Gasteiger partial charge in [0.2, 0.25) is 0 Å². The minimum absolute atomic E-state index is 0.375. The van der Waals surface area contributed by atoms with E-state index < -0.39 is 0 Å². The van der Waals surface area contributed by atoms with Crippen LogP contribution in [0.1, 0.15) is 21.6 Å². The van der Waals surface area contributed by atoms with Crippen LogP contribution in [0.3, 0.4) is 0 Å². The van der Waals surface area contributed by atoms with Crippen LogP contribution < -0.4 is 5.73 Å². The van der Waals surface area contributed by atoms with Gasteiger partial charge in [-0.15, -0.1) is 11.8 Å². The Bertz CT molecular complexity index is 612. The summed E-state index contributed by atoms with van der Waals surface area (Å²) in [7, 11) is 1.35. The van der Waals surface area contributed by atoms with Crippen LogP contribution in [-0.4, -0.2) is 18.1 Å². The number of esters is 1. The van der Waals surface area contributed by atoms with E-state index in [9.17, 15) is 4.79 Å². The van der Waals surface area contributed by atoms with Crippen molar-refractivity contribution in [1.82, 2.24) is 4.98 Å². The molecule has 0 unspecified atom stereocenters. The summed E-state index contributed by atoms with van der Waals surface area (Å²) in [4.78, 5) is 16.6. The third-order valence-electron chi connectivity index (χ3n) is 2.91. The van der Waals surface area contributed by atoms with E-state index in [0.29, 0.717) is 11.3 Å². The van der Waals surface area contributed by atoms with Crippen molar-refractivity contribution in [3.63, 3.8) is 0 Å². The molecule has 1 aromatic carbocycles. The quantitative estimate of drug-likeness (QED) is 0.532. The number of anilines is 1. The van der Waals surface area contributed by atoms with Crippen LogP contribution in [0, 0.1) is 6.92 Å². The number of methoxy groups -OCH3 is 1. The summed E-state index contributed by atoms with van der Waals surface area (Å²) in [5, 5.41) is 0. The molecule has 5 heteroatoms. The molecular weight excluding hydrogens is 272 g/mol. The van der Waals surface area contributed by atoms with E-state index in [1.807, 2.05) is 31.2 Å². The van der Waals surface area contributed by atoms with Crippen molar-refractivity contribution in [1.29, 1.82) is 0 Å². The lowest BCUT2D eigenvalue weighted by molar-refractivity contribution is 0.0600. The molecule has 104 valence electrons. The highest BCUT2D eigenvalue weighted by Gasteiger charge is 2.07. The largest absolute Gasteiger partial charge is 0.465 e. The first kappa shape index (κ1) is 14.4. The fraction of sp³-hybridized carbons (Fsp3) is 0.200. The molecule has 2 N–H and O–H groups in total. The zero-order chi connectivity index (χ0) is 14.5. The monoisotopic (exact) mass is 288 g/mol. The maximum Gasteiger partial charge on any atom is 0.339 e. The van der Waals surface area contributed by atoms with E-state index in [-0.39, 0.29) is 5.97 Å². The normalized spacial score (nSPS) is 10.3. The standard InChI is InChI=1S/C15H16N2O2S/c1-10-4-3-5-13(14(10)16)20-9-12-7-6-11(8-17-12)15(18)19-2/h3-8H,9,16H2,1-2H3. The number of hydrogen-bond donors (Lipinski definition) is 1. The molecule has 1 aromatic heterocycles. The predicted octanol–water partition coefficient (Wildman–Crippen LogP) is 3.05. The van der Waals surface area contributed by atoms with Crippen LogP contribution in [0.25, 0.3) is 0 Å². The average Bonchev–Trinajstić information content (AvgIpc) is 2.48. The number of nitrogen functional groups attached to an aromatic ring is 1. The van der Waals surface area contributed by atoms with Crippen LogP contribution in [0.2, 0.25) is 0 Å². The van der Waals surface area contributed by atoms with E-state index >= 15 is 0 Å². The molecule has 0 atom stereocenters. The number of rotatable bonds is 4. The molecule has 0 bridgehead atoms. The van der Waals surface area contributed by atoms with Gasteiger partial charge in [0.1, 0.15) is 0 Å². The zero-order valence-corrected chi connectivity index (χ0v) is 12.2. The van der Waals surface area contributed by atoms with Crippen molar-refractivity contribution in [3.8, 4) is 0 Å². The zero-order valence-electron chi connectivity index (χ0n) is 11.4. The molecule has 0 spiro atoms. The van der Waals surface area contributed by atoms with Crippen LogP contribution in [0.15, 0.2) is 41.4 Å². The first-order valence-electron chi connectivity index (χ1n) is 6.13. The molecule has 4 nitrogen and oxygen atoms in total. The summed E-state index contributed by atoms with van der Waals surface area (Å²) in [6, 6.07) is 9.51. The third-order valence-corrected chi connectivity index (χ3v) is 4.01. The van der Waals surface area contributed by atoms with Gasteiger partial charge in [0.15, 0.2) is 0 Å². The van der Waals surface area contributed by atoms with Crippen LogP contribution in [-0.2, 0) is 10.5 Å². The molecule has 0 saturated carbocycles. The van der Waals surface area contributed by atoms with E-state index in [0.717, 1.165) is 21.8 Å². The summed E-state index contributed by atoms with van der Waals surface area (Å²) in [6.45, 7) is 1.99. The summed E-state index contributed by atoms with van der Waals surface area (Å²) >= 11 is 1.63. The van der Waals surface area contributed by atoms with Crippen molar-refractivity contribution in [2.75, 3.05) is 12.8 Å². The molecule has 20 heavy (non-hydrogen) atoms. The van der Waals surface area contributed by atoms with Crippen molar-refractivity contribution in [2.24, 2.45) is 0 Å². The molecule has 2 rings (SSSR count). The van der Waals surface area contributed by atoms with Gasteiger partial charge in [0.05, 0.1) is 18.4 Å². The second-order valence-electron chi connectivity index (χ2n) is 4.31. The maximum absolute atomic E-state index is 11.3. The average molecular weight is 288 g/mol.